The predicted octanol–water partition coefficient (Wildman–Crippen LogP) is 3.82. The second kappa shape index (κ2) is 6.86. The summed E-state index contributed by atoms with van der Waals surface area (Å²) in [5, 5.41) is -0.446. The van der Waals surface area contributed by atoms with Crippen molar-refractivity contribution < 1.29 is 13.2 Å². The number of carbonyl (C=O) groups excluding carboxylic acids is 1. The Morgan fingerprint density at radius 3 is 2.36 bits per heavy atom. The number of hydrogen-bond donors (Lipinski definition) is 0. The summed E-state index contributed by atoms with van der Waals surface area (Å²) < 4.78 is 25.7. The number of hydrogen-bond acceptors (Lipinski definition) is 3. The normalized spacial score (nSPS) is 21.4. The third kappa shape index (κ3) is 3.25. The van der Waals surface area contributed by atoms with Gasteiger partial charge in [0.25, 0.3) is 5.91 Å². The van der Waals surface area contributed by atoms with Gasteiger partial charge >= 0.3 is 0 Å². The van der Waals surface area contributed by atoms with Crippen LogP contribution < -0.4 is 0 Å². The van der Waals surface area contributed by atoms with E-state index in [1.54, 1.807) is 48.5 Å². The van der Waals surface area contributed by atoms with Gasteiger partial charge in [-0.05, 0) is 23.3 Å². The molecule has 1 aliphatic heterocycles. The molecule has 2 aromatic rings. The van der Waals surface area contributed by atoms with Crippen molar-refractivity contribution in [3.8, 4) is 0 Å². The van der Waals surface area contributed by atoms with Gasteiger partial charge in [0, 0.05) is 12.1 Å². The molecule has 1 saturated heterocycles. The highest BCUT2D eigenvalue weighted by molar-refractivity contribution is 7.97. The smallest absolute Gasteiger partial charge is 0.266 e. The van der Waals surface area contributed by atoms with Crippen LogP contribution in [-0.2, 0) is 14.6 Å². The predicted molar refractivity (Wildman–Crippen MR) is 99.4 cm³/mol. The van der Waals surface area contributed by atoms with E-state index in [-0.39, 0.29) is 4.91 Å². The summed E-state index contributed by atoms with van der Waals surface area (Å²) in [6, 6.07) is 15.9. The molecule has 1 amide bonds. The Morgan fingerprint density at radius 2 is 1.68 bits per heavy atom. The molecule has 0 bridgehead atoms. The Bertz CT molecular complexity index is 965. The average Bonchev–Trinajstić information content (AvgIpc) is 2.76. The number of rotatable bonds is 3. The van der Waals surface area contributed by atoms with E-state index in [1.165, 1.54) is 24.1 Å². The van der Waals surface area contributed by atoms with Crippen LogP contribution in [0.5, 0.6) is 0 Å². The van der Waals surface area contributed by atoms with Crippen molar-refractivity contribution in [1.82, 2.24) is 4.90 Å². The molecule has 1 aliphatic rings. The molecule has 0 N–H and O–H groups in total. The Kier molecular flexibility index (Phi) is 4.79. The van der Waals surface area contributed by atoms with Gasteiger partial charge in [-0.3, -0.25) is 4.79 Å². The van der Waals surface area contributed by atoms with Gasteiger partial charge in [0.15, 0.2) is 5.37 Å². The zero-order chi connectivity index (χ0) is 18.0. The molecule has 0 aromatic heterocycles. The number of likely N-dealkylation sites (N-methyl/N-ethyl adjacent to an activating group) is 1. The summed E-state index contributed by atoms with van der Waals surface area (Å²) in [4.78, 5) is 13.5. The molecule has 128 valence electrons. The molecule has 0 radical (unpaired) electrons. The van der Waals surface area contributed by atoms with Crippen LogP contribution in [-0.4, -0.2) is 26.3 Å². The minimum atomic E-state index is -3.79. The molecule has 0 aliphatic carbocycles. The number of nitrogens with zero attached hydrogens (tertiary/aromatic N) is 1. The van der Waals surface area contributed by atoms with E-state index in [4.69, 9.17) is 11.6 Å². The van der Waals surface area contributed by atoms with Gasteiger partial charge in [0.1, 0.15) is 4.91 Å². The fourth-order valence-electron chi connectivity index (χ4n) is 2.77. The minimum Gasteiger partial charge on any atom is -0.320 e. The maximum absolute atomic E-state index is 12.8. The lowest BCUT2D eigenvalue weighted by atomic mass is 10.2. The lowest BCUT2D eigenvalue weighted by Gasteiger charge is -2.17. The molecule has 0 spiro atoms. The molecule has 3 rings (SSSR count). The van der Waals surface area contributed by atoms with Gasteiger partial charge in [0.05, 0.1) is 0 Å². The fourth-order valence-corrected chi connectivity index (χ4v) is 4.89. The summed E-state index contributed by atoms with van der Waals surface area (Å²) in [6.45, 7) is 0. The van der Waals surface area contributed by atoms with Crippen molar-refractivity contribution in [3.63, 3.8) is 0 Å². The Balaban J connectivity index is 1.97. The monoisotopic (exact) mass is 373 g/mol. The van der Waals surface area contributed by atoms with E-state index in [0.29, 0.717) is 10.6 Å². The molecule has 1 heterocycles. The van der Waals surface area contributed by atoms with Crippen molar-refractivity contribution in [2.45, 2.75) is 5.37 Å². The molecule has 0 saturated carbocycles. The van der Waals surface area contributed by atoms with Gasteiger partial charge in [-0.1, -0.05) is 72.3 Å². The van der Waals surface area contributed by atoms with Crippen molar-refractivity contribution in [3.05, 3.63) is 87.8 Å². The Labute approximate surface area is 152 Å². The van der Waals surface area contributed by atoms with Crippen LogP contribution in [0.4, 0.5) is 0 Å². The van der Waals surface area contributed by atoms with Crippen LogP contribution >= 0.6 is 11.6 Å². The Morgan fingerprint density at radius 1 is 1.04 bits per heavy atom. The summed E-state index contributed by atoms with van der Waals surface area (Å²) in [7, 11) is -2.29. The molecule has 6 heteroatoms. The summed E-state index contributed by atoms with van der Waals surface area (Å²) in [5.74, 6) is -0.516. The van der Waals surface area contributed by atoms with Gasteiger partial charge in [0.2, 0.25) is 9.84 Å². The van der Waals surface area contributed by atoms with Crippen LogP contribution in [0.3, 0.4) is 0 Å². The standard InChI is InChI=1S/C19H16ClNO3S/c1-21-18(22)17(13-7-11-14-8-5-6-12-16(14)20)25(23,24)19(21)15-9-3-2-4-10-15/h2-13,19H,1H3/b11-7+,17-13-. The van der Waals surface area contributed by atoms with E-state index >= 15 is 0 Å². The van der Waals surface area contributed by atoms with E-state index in [9.17, 15) is 13.2 Å². The summed E-state index contributed by atoms with van der Waals surface area (Å²) in [5.41, 5.74) is 1.31. The molecule has 1 atom stereocenters. The lowest BCUT2D eigenvalue weighted by Crippen LogP contribution is -2.24. The fraction of sp³-hybridized carbons (Fsp3) is 0.105. The quantitative estimate of drug-likeness (QED) is 0.768. The third-order valence-corrected chi connectivity index (χ3v) is 6.44. The van der Waals surface area contributed by atoms with Gasteiger partial charge in [-0.2, -0.15) is 0 Å². The SMILES string of the molecule is CN1C(=O)/C(=C/C=C/c2ccccc2Cl)S(=O)(=O)C1c1ccccc1. The van der Waals surface area contributed by atoms with Gasteiger partial charge in [-0.15, -0.1) is 0 Å². The summed E-state index contributed by atoms with van der Waals surface area (Å²) >= 11 is 6.07. The van der Waals surface area contributed by atoms with E-state index in [1.807, 2.05) is 12.1 Å². The minimum absolute atomic E-state index is 0.216. The number of allylic oxidation sites excluding steroid dienone is 2. The van der Waals surface area contributed by atoms with Crippen LogP contribution in [0.1, 0.15) is 16.5 Å². The number of amides is 1. The molecule has 4 nitrogen and oxygen atoms in total. The molecule has 25 heavy (non-hydrogen) atoms. The highest BCUT2D eigenvalue weighted by atomic mass is 35.5. The zero-order valence-corrected chi connectivity index (χ0v) is 15.0. The largest absolute Gasteiger partial charge is 0.320 e. The van der Waals surface area contributed by atoms with Crippen molar-refractivity contribution in [1.29, 1.82) is 0 Å². The first-order valence-corrected chi connectivity index (χ1v) is 9.54. The van der Waals surface area contributed by atoms with Crippen LogP contribution in [0.2, 0.25) is 5.02 Å². The zero-order valence-electron chi connectivity index (χ0n) is 13.5. The number of carbonyl (C=O) groups is 1. The number of halogens is 1. The first-order chi connectivity index (χ1) is 11.9. The first-order valence-electron chi connectivity index (χ1n) is 7.62. The lowest BCUT2D eigenvalue weighted by molar-refractivity contribution is -0.124. The van der Waals surface area contributed by atoms with E-state index in [0.717, 1.165) is 5.56 Å². The van der Waals surface area contributed by atoms with Gasteiger partial charge < -0.3 is 4.90 Å². The maximum atomic E-state index is 12.8. The van der Waals surface area contributed by atoms with Crippen LogP contribution in [0, 0.1) is 0 Å². The molecule has 1 unspecified atom stereocenters. The molecule has 2 aromatic carbocycles. The Hall–Kier alpha value is -2.37. The van der Waals surface area contributed by atoms with Crippen molar-refractivity contribution in [2.75, 3.05) is 7.05 Å². The van der Waals surface area contributed by atoms with E-state index < -0.39 is 21.1 Å². The summed E-state index contributed by atoms with van der Waals surface area (Å²) in [6.07, 6.45) is 4.54. The second-order valence-electron chi connectivity index (χ2n) is 5.64. The van der Waals surface area contributed by atoms with Crippen LogP contribution in [0.15, 0.2) is 71.7 Å². The highest BCUT2D eigenvalue weighted by Gasteiger charge is 2.47. The first kappa shape index (κ1) is 17.5. The van der Waals surface area contributed by atoms with Crippen LogP contribution in [0.25, 0.3) is 6.08 Å². The average molecular weight is 374 g/mol. The van der Waals surface area contributed by atoms with Gasteiger partial charge in [-0.25, -0.2) is 8.42 Å². The number of benzene rings is 2. The highest BCUT2D eigenvalue weighted by Crippen LogP contribution is 2.38. The van der Waals surface area contributed by atoms with Crippen molar-refractivity contribution >= 4 is 33.4 Å². The molecular formula is C19H16ClNO3S. The van der Waals surface area contributed by atoms with Crippen molar-refractivity contribution in [2.24, 2.45) is 0 Å². The third-order valence-electron chi connectivity index (χ3n) is 4.00. The molecular weight excluding hydrogens is 358 g/mol. The van der Waals surface area contributed by atoms with E-state index in [2.05, 4.69) is 0 Å². The topological polar surface area (TPSA) is 54.5 Å². The second-order valence-corrected chi connectivity index (χ2v) is 8.02. The number of sulfone groups is 1. The maximum Gasteiger partial charge on any atom is 0.266 e. The molecule has 1 fully saturated rings.